The van der Waals surface area contributed by atoms with E-state index in [1.807, 2.05) is 6.08 Å². The van der Waals surface area contributed by atoms with Gasteiger partial charge in [-0.2, -0.15) is 0 Å². The first kappa shape index (κ1) is 10.8. The second-order valence-corrected chi connectivity index (χ2v) is 4.06. The van der Waals surface area contributed by atoms with Gasteiger partial charge in [-0.1, -0.05) is 17.3 Å². The van der Waals surface area contributed by atoms with Crippen molar-refractivity contribution in [1.82, 2.24) is 10.1 Å². The molecule has 0 N–H and O–H groups in total. The number of hydrogen-bond donors (Lipinski definition) is 0. The summed E-state index contributed by atoms with van der Waals surface area (Å²) in [5.41, 5.74) is 0.316. The van der Waals surface area contributed by atoms with Crippen molar-refractivity contribution in [1.29, 1.82) is 0 Å². The molecule has 1 aliphatic rings. The molecule has 0 radical (unpaired) electrons. The van der Waals surface area contributed by atoms with E-state index in [1.165, 1.54) is 0 Å². The number of carbonyl (C=O) groups excluding carboxylic acids is 1. The summed E-state index contributed by atoms with van der Waals surface area (Å²) in [7, 11) is 0. The van der Waals surface area contributed by atoms with Crippen LogP contribution in [0.1, 0.15) is 16.9 Å². The lowest BCUT2D eigenvalue weighted by Crippen LogP contribution is -2.33. The van der Waals surface area contributed by atoms with Crippen LogP contribution in [0, 0.1) is 0 Å². The van der Waals surface area contributed by atoms with Gasteiger partial charge in [0, 0.05) is 19.2 Å². The minimum absolute atomic E-state index is 0.110. The molecule has 5 heteroatoms. The van der Waals surface area contributed by atoms with Gasteiger partial charge in [0.2, 0.25) is 5.76 Å². The van der Waals surface area contributed by atoms with Crippen molar-refractivity contribution in [3.63, 3.8) is 0 Å². The van der Waals surface area contributed by atoms with E-state index in [9.17, 15) is 4.79 Å². The molecule has 3 heterocycles. The molecule has 5 nitrogen and oxygen atoms in total. The Hall–Kier alpha value is -2.30. The lowest BCUT2D eigenvalue weighted by atomic mass is 10.2. The zero-order chi connectivity index (χ0) is 12.4. The van der Waals surface area contributed by atoms with Gasteiger partial charge < -0.3 is 13.8 Å². The third-order valence-electron chi connectivity index (χ3n) is 2.84. The molecule has 1 aliphatic heterocycles. The molecule has 0 unspecified atom stereocenters. The Balaban J connectivity index is 1.80. The number of amides is 1. The van der Waals surface area contributed by atoms with E-state index in [-0.39, 0.29) is 5.91 Å². The maximum atomic E-state index is 12.1. The predicted molar refractivity (Wildman–Crippen MR) is 63.9 cm³/mol. The molecule has 0 aliphatic carbocycles. The number of furan rings is 1. The van der Waals surface area contributed by atoms with Gasteiger partial charge in [0.15, 0.2) is 11.5 Å². The third kappa shape index (κ3) is 1.95. The van der Waals surface area contributed by atoms with Gasteiger partial charge in [0.25, 0.3) is 5.91 Å². The minimum atomic E-state index is -0.110. The van der Waals surface area contributed by atoms with E-state index in [4.69, 9.17) is 8.94 Å². The molecule has 0 bridgehead atoms. The molecule has 0 fully saturated rings. The summed E-state index contributed by atoms with van der Waals surface area (Å²) in [6.45, 7) is 1.35. The smallest absolute Gasteiger partial charge is 0.276 e. The van der Waals surface area contributed by atoms with E-state index < -0.39 is 0 Å². The van der Waals surface area contributed by atoms with Gasteiger partial charge in [-0.15, -0.1) is 0 Å². The largest absolute Gasteiger partial charge is 0.461 e. The van der Waals surface area contributed by atoms with Crippen molar-refractivity contribution in [2.24, 2.45) is 0 Å². The molecule has 2 aromatic heterocycles. The molecule has 18 heavy (non-hydrogen) atoms. The van der Waals surface area contributed by atoms with Crippen LogP contribution in [0.2, 0.25) is 0 Å². The van der Waals surface area contributed by atoms with E-state index in [0.29, 0.717) is 23.8 Å². The zero-order valence-electron chi connectivity index (χ0n) is 9.70. The molecule has 0 saturated heterocycles. The second-order valence-electron chi connectivity index (χ2n) is 4.06. The molecule has 2 aromatic rings. The summed E-state index contributed by atoms with van der Waals surface area (Å²) >= 11 is 0. The van der Waals surface area contributed by atoms with Gasteiger partial charge in [-0.05, 0) is 18.6 Å². The lowest BCUT2D eigenvalue weighted by molar-refractivity contribution is 0.0760. The Morgan fingerprint density at radius 2 is 2.28 bits per heavy atom. The van der Waals surface area contributed by atoms with Gasteiger partial charge >= 0.3 is 0 Å². The predicted octanol–water partition coefficient (Wildman–Crippen LogP) is 2.34. The van der Waals surface area contributed by atoms with Crippen molar-refractivity contribution in [3.8, 4) is 11.5 Å². The number of carbonyl (C=O) groups is 1. The van der Waals surface area contributed by atoms with Gasteiger partial charge in [-0.3, -0.25) is 4.79 Å². The molecule has 0 saturated carbocycles. The summed E-state index contributed by atoms with van der Waals surface area (Å²) in [5.74, 6) is 0.928. The van der Waals surface area contributed by atoms with Gasteiger partial charge in [0.05, 0.1) is 6.26 Å². The number of aromatic nitrogens is 1. The fourth-order valence-electron chi connectivity index (χ4n) is 1.90. The average Bonchev–Trinajstić information content (AvgIpc) is 3.09. The van der Waals surface area contributed by atoms with Crippen LogP contribution in [0.3, 0.4) is 0 Å². The van der Waals surface area contributed by atoms with Crippen molar-refractivity contribution in [3.05, 3.63) is 42.3 Å². The maximum Gasteiger partial charge on any atom is 0.276 e. The molecule has 1 amide bonds. The van der Waals surface area contributed by atoms with Crippen molar-refractivity contribution < 1.29 is 13.7 Å². The highest BCUT2D eigenvalue weighted by atomic mass is 16.5. The quantitative estimate of drug-likeness (QED) is 0.761. The van der Waals surface area contributed by atoms with Crippen LogP contribution < -0.4 is 0 Å². The van der Waals surface area contributed by atoms with E-state index in [0.717, 1.165) is 13.0 Å². The number of hydrogen-bond acceptors (Lipinski definition) is 4. The maximum absolute atomic E-state index is 12.1. The van der Waals surface area contributed by atoms with Crippen molar-refractivity contribution in [2.75, 3.05) is 13.1 Å². The van der Waals surface area contributed by atoms with E-state index in [1.54, 1.807) is 29.4 Å². The normalized spacial score (nSPS) is 15.0. The monoisotopic (exact) mass is 244 g/mol. The Morgan fingerprint density at radius 1 is 1.33 bits per heavy atom. The number of nitrogens with zero attached hydrogens (tertiary/aromatic N) is 2. The summed E-state index contributed by atoms with van der Waals surface area (Å²) in [4.78, 5) is 13.9. The Kier molecular flexibility index (Phi) is 2.72. The van der Waals surface area contributed by atoms with Crippen LogP contribution >= 0.6 is 0 Å². The summed E-state index contributed by atoms with van der Waals surface area (Å²) < 4.78 is 10.3. The lowest BCUT2D eigenvalue weighted by Gasteiger charge is -2.21. The first-order chi connectivity index (χ1) is 8.84. The second kappa shape index (κ2) is 4.52. The summed E-state index contributed by atoms with van der Waals surface area (Å²) in [6, 6.07) is 5.13. The van der Waals surface area contributed by atoms with E-state index in [2.05, 4.69) is 11.2 Å². The Labute approximate surface area is 104 Å². The molecule has 0 atom stereocenters. The Bertz CT molecular complexity index is 569. The molecule has 0 aromatic carbocycles. The van der Waals surface area contributed by atoms with Crippen LogP contribution in [0.25, 0.3) is 11.5 Å². The first-order valence-corrected chi connectivity index (χ1v) is 5.79. The zero-order valence-corrected chi connectivity index (χ0v) is 9.70. The standard InChI is InChI=1S/C13H12N2O3/c16-13(15-6-2-1-3-7-15)10-9-12(18-14-10)11-5-4-8-17-11/h1-2,4-5,8-9H,3,6-7H2. The van der Waals surface area contributed by atoms with Crippen molar-refractivity contribution >= 4 is 5.91 Å². The number of rotatable bonds is 2. The SMILES string of the molecule is O=C(c1cc(-c2ccco2)on1)N1CC=CCC1. The summed E-state index contributed by atoms with van der Waals surface area (Å²) in [6.07, 6.45) is 6.49. The van der Waals surface area contributed by atoms with Crippen LogP contribution in [-0.2, 0) is 0 Å². The highest BCUT2D eigenvalue weighted by Gasteiger charge is 2.20. The Morgan fingerprint density at radius 3 is 3.00 bits per heavy atom. The fourth-order valence-corrected chi connectivity index (χ4v) is 1.90. The molecular weight excluding hydrogens is 232 g/mol. The van der Waals surface area contributed by atoms with Gasteiger partial charge in [0.1, 0.15) is 0 Å². The highest BCUT2D eigenvalue weighted by molar-refractivity contribution is 5.93. The molecule has 3 rings (SSSR count). The minimum Gasteiger partial charge on any atom is -0.461 e. The summed E-state index contributed by atoms with van der Waals surface area (Å²) in [5, 5.41) is 3.80. The fraction of sp³-hybridized carbons (Fsp3) is 0.231. The van der Waals surface area contributed by atoms with Crippen molar-refractivity contribution in [2.45, 2.75) is 6.42 Å². The average molecular weight is 244 g/mol. The van der Waals surface area contributed by atoms with Crippen LogP contribution in [0.5, 0.6) is 0 Å². The van der Waals surface area contributed by atoms with E-state index >= 15 is 0 Å². The van der Waals surface area contributed by atoms with Gasteiger partial charge in [-0.25, -0.2) is 0 Å². The molecule has 92 valence electrons. The molecule has 0 spiro atoms. The topological polar surface area (TPSA) is 59.5 Å². The third-order valence-corrected chi connectivity index (χ3v) is 2.84. The first-order valence-electron chi connectivity index (χ1n) is 5.79. The van der Waals surface area contributed by atoms with Crippen LogP contribution in [0.4, 0.5) is 0 Å². The van der Waals surface area contributed by atoms with Crippen LogP contribution in [0.15, 0.2) is 45.6 Å². The molecular formula is C13H12N2O3. The van der Waals surface area contributed by atoms with Crippen LogP contribution in [-0.4, -0.2) is 29.1 Å². The highest BCUT2D eigenvalue weighted by Crippen LogP contribution is 2.21.